The number of hydrogen-bond donors (Lipinski definition) is 2. The summed E-state index contributed by atoms with van der Waals surface area (Å²) in [7, 11) is 1.60. The summed E-state index contributed by atoms with van der Waals surface area (Å²) in [6, 6.07) is 7.64. The van der Waals surface area contributed by atoms with E-state index in [9.17, 15) is 9.59 Å². The molecule has 0 unspecified atom stereocenters. The molecule has 0 saturated carbocycles. The molecular formula is C24H36N4O3S. The number of urea groups is 1. The van der Waals surface area contributed by atoms with Crippen molar-refractivity contribution in [2.24, 2.45) is 0 Å². The van der Waals surface area contributed by atoms with Crippen LogP contribution in [-0.2, 0) is 11.3 Å². The second kappa shape index (κ2) is 13.9. The molecule has 0 atom stereocenters. The van der Waals surface area contributed by atoms with Gasteiger partial charge in [-0.2, -0.15) is 0 Å². The first-order chi connectivity index (χ1) is 15.4. The molecule has 3 amide bonds. The topological polar surface area (TPSA) is 83.6 Å². The van der Waals surface area contributed by atoms with Gasteiger partial charge in [-0.15, -0.1) is 11.3 Å². The fourth-order valence-corrected chi connectivity index (χ4v) is 3.89. The van der Waals surface area contributed by atoms with Gasteiger partial charge in [-0.05, 0) is 30.0 Å². The van der Waals surface area contributed by atoms with Gasteiger partial charge in [-0.25, -0.2) is 9.78 Å². The third-order valence-electron chi connectivity index (χ3n) is 5.11. The minimum absolute atomic E-state index is 0.165. The Morgan fingerprint density at radius 3 is 2.56 bits per heavy atom. The Morgan fingerprint density at radius 2 is 1.91 bits per heavy atom. The van der Waals surface area contributed by atoms with E-state index < -0.39 is 0 Å². The maximum Gasteiger partial charge on any atom is 0.322 e. The first kappa shape index (κ1) is 25.8. The lowest BCUT2D eigenvalue weighted by Crippen LogP contribution is -2.36. The average Bonchev–Trinajstić information content (AvgIpc) is 3.25. The molecule has 0 aliphatic heterocycles. The van der Waals surface area contributed by atoms with Crippen molar-refractivity contribution in [3.63, 3.8) is 0 Å². The van der Waals surface area contributed by atoms with Crippen molar-refractivity contribution < 1.29 is 14.3 Å². The molecule has 0 saturated heterocycles. The molecule has 8 heteroatoms. The van der Waals surface area contributed by atoms with Gasteiger partial charge in [0, 0.05) is 31.3 Å². The Kier molecular flexibility index (Phi) is 11.2. The van der Waals surface area contributed by atoms with Gasteiger partial charge < -0.3 is 20.3 Å². The summed E-state index contributed by atoms with van der Waals surface area (Å²) in [6.45, 7) is 8.23. The molecule has 32 heavy (non-hydrogen) atoms. The molecule has 1 heterocycles. The second-order valence-electron chi connectivity index (χ2n) is 8.06. The molecule has 0 aliphatic rings. The summed E-state index contributed by atoms with van der Waals surface area (Å²) in [5.41, 5.74) is 2.36. The fraction of sp³-hybridized carbons (Fsp3) is 0.542. The molecule has 2 N–H and O–H groups in total. The maximum absolute atomic E-state index is 12.9. The Balaban J connectivity index is 1.95. The van der Waals surface area contributed by atoms with E-state index in [1.54, 1.807) is 17.4 Å². The Morgan fingerprint density at radius 1 is 1.16 bits per heavy atom. The predicted molar refractivity (Wildman–Crippen MR) is 130 cm³/mol. The minimum Gasteiger partial charge on any atom is -0.383 e. The lowest BCUT2D eigenvalue weighted by Gasteiger charge is -2.22. The zero-order chi connectivity index (χ0) is 23.3. The largest absolute Gasteiger partial charge is 0.383 e. The second-order valence-corrected chi connectivity index (χ2v) is 9.01. The molecule has 7 nitrogen and oxygen atoms in total. The fourth-order valence-electron chi connectivity index (χ4n) is 3.10. The predicted octanol–water partition coefficient (Wildman–Crippen LogP) is 5.26. The van der Waals surface area contributed by atoms with Gasteiger partial charge in [0.2, 0.25) is 0 Å². The van der Waals surface area contributed by atoms with Crippen molar-refractivity contribution in [3.05, 3.63) is 45.9 Å². The van der Waals surface area contributed by atoms with E-state index in [2.05, 4.69) is 36.4 Å². The minimum atomic E-state index is -0.225. The van der Waals surface area contributed by atoms with Crippen molar-refractivity contribution in [2.45, 2.75) is 58.9 Å². The van der Waals surface area contributed by atoms with E-state index in [1.807, 2.05) is 24.3 Å². The van der Waals surface area contributed by atoms with E-state index >= 15 is 0 Å². The van der Waals surface area contributed by atoms with Crippen molar-refractivity contribution in [1.82, 2.24) is 15.2 Å². The number of nitrogens with one attached hydrogen (secondary N) is 2. The van der Waals surface area contributed by atoms with Crippen LogP contribution < -0.4 is 10.6 Å². The summed E-state index contributed by atoms with van der Waals surface area (Å²) >= 11 is 1.38. The number of hydrogen-bond acceptors (Lipinski definition) is 5. The normalized spacial score (nSPS) is 10.9. The van der Waals surface area contributed by atoms with E-state index in [0.29, 0.717) is 42.9 Å². The molecule has 0 bridgehead atoms. The number of carbonyl (C=O) groups excluding carboxylic acids is 2. The van der Waals surface area contributed by atoms with Gasteiger partial charge in [0.1, 0.15) is 10.7 Å². The van der Waals surface area contributed by atoms with Crippen molar-refractivity contribution in [3.8, 4) is 0 Å². The zero-order valence-corrected chi connectivity index (χ0v) is 20.5. The number of nitrogens with zero attached hydrogens (tertiary/aromatic N) is 2. The van der Waals surface area contributed by atoms with Crippen molar-refractivity contribution >= 4 is 29.0 Å². The molecule has 1 aromatic carbocycles. The molecular weight excluding hydrogens is 424 g/mol. The van der Waals surface area contributed by atoms with Crippen LogP contribution in [0.2, 0.25) is 0 Å². The summed E-state index contributed by atoms with van der Waals surface area (Å²) in [5, 5.41) is 8.31. The van der Waals surface area contributed by atoms with E-state index in [1.165, 1.54) is 29.7 Å². The molecule has 0 fully saturated rings. The summed E-state index contributed by atoms with van der Waals surface area (Å²) < 4.78 is 5.17. The maximum atomic E-state index is 12.9. The first-order valence-corrected chi connectivity index (χ1v) is 12.2. The number of ether oxygens (including phenoxy) is 1. The highest BCUT2D eigenvalue weighted by atomic mass is 32.1. The van der Waals surface area contributed by atoms with Crippen molar-refractivity contribution in [1.29, 1.82) is 0 Å². The zero-order valence-electron chi connectivity index (χ0n) is 19.6. The quantitative estimate of drug-likeness (QED) is 0.400. The van der Waals surface area contributed by atoms with E-state index in [4.69, 9.17) is 4.74 Å². The van der Waals surface area contributed by atoms with Gasteiger partial charge >= 0.3 is 6.03 Å². The molecule has 176 valence electrons. The third kappa shape index (κ3) is 8.59. The van der Waals surface area contributed by atoms with Crippen LogP contribution in [0.15, 0.2) is 29.6 Å². The summed E-state index contributed by atoms with van der Waals surface area (Å²) in [6.07, 6.45) is 4.43. The van der Waals surface area contributed by atoms with E-state index in [-0.39, 0.29) is 11.9 Å². The molecule has 2 rings (SSSR count). The number of rotatable bonds is 13. The molecule has 1 aromatic heterocycles. The van der Waals surface area contributed by atoms with Crippen LogP contribution in [0.1, 0.15) is 73.4 Å². The van der Waals surface area contributed by atoms with Gasteiger partial charge in [0.15, 0.2) is 0 Å². The SMILES string of the molecule is CCCCCCNC(=O)c1csc(CN(CCOC)C(=O)Nc2ccc(C(C)C)cc2)n1. The lowest BCUT2D eigenvalue weighted by atomic mass is 10.0. The molecule has 2 aromatic rings. The number of aromatic nitrogens is 1. The highest BCUT2D eigenvalue weighted by Gasteiger charge is 2.18. The third-order valence-corrected chi connectivity index (χ3v) is 5.94. The monoisotopic (exact) mass is 460 g/mol. The number of thiazole rings is 1. The van der Waals surface area contributed by atoms with Crippen LogP contribution in [-0.4, -0.2) is 48.6 Å². The highest BCUT2D eigenvalue weighted by molar-refractivity contribution is 7.09. The van der Waals surface area contributed by atoms with Gasteiger partial charge in [-0.3, -0.25) is 4.79 Å². The van der Waals surface area contributed by atoms with Crippen LogP contribution in [0.25, 0.3) is 0 Å². The Labute approximate surface area is 195 Å². The van der Waals surface area contributed by atoms with Crippen LogP contribution in [0.3, 0.4) is 0 Å². The van der Waals surface area contributed by atoms with Gasteiger partial charge in [-0.1, -0.05) is 52.2 Å². The summed E-state index contributed by atoms with van der Waals surface area (Å²) in [4.78, 5) is 31.3. The van der Waals surface area contributed by atoms with Crippen LogP contribution >= 0.6 is 11.3 Å². The Bertz CT molecular complexity index is 836. The first-order valence-electron chi connectivity index (χ1n) is 11.3. The smallest absolute Gasteiger partial charge is 0.322 e. The molecule has 0 spiro atoms. The van der Waals surface area contributed by atoms with Crippen LogP contribution in [0, 0.1) is 0 Å². The number of unbranched alkanes of at least 4 members (excludes halogenated alkanes) is 3. The standard InChI is InChI=1S/C24H36N4O3S/c1-5-6-7-8-13-25-23(29)21-17-32-22(27-21)16-28(14-15-31-4)24(30)26-20-11-9-19(10-12-20)18(2)3/h9-12,17-18H,5-8,13-16H2,1-4H3,(H,25,29)(H,26,30). The van der Waals surface area contributed by atoms with Crippen molar-refractivity contribution in [2.75, 3.05) is 32.1 Å². The lowest BCUT2D eigenvalue weighted by molar-refractivity contribution is 0.0948. The highest BCUT2D eigenvalue weighted by Crippen LogP contribution is 2.18. The number of anilines is 1. The number of methoxy groups -OCH3 is 1. The van der Waals surface area contributed by atoms with Gasteiger partial charge in [0.25, 0.3) is 5.91 Å². The number of carbonyl (C=O) groups is 2. The average molecular weight is 461 g/mol. The number of amides is 3. The van der Waals surface area contributed by atoms with Gasteiger partial charge in [0.05, 0.1) is 13.2 Å². The van der Waals surface area contributed by atoms with E-state index in [0.717, 1.165) is 18.5 Å². The molecule has 0 radical (unpaired) electrons. The van der Waals surface area contributed by atoms with Crippen LogP contribution in [0.5, 0.6) is 0 Å². The Hall–Kier alpha value is -2.45. The number of benzene rings is 1. The van der Waals surface area contributed by atoms with Crippen LogP contribution in [0.4, 0.5) is 10.5 Å². The molecule has 0 aliphatic carbocycles. The summed E-state index contributed by atoms with van der Waals surface area (Å²) in [5.74, 6) is 0.271.